The molecule has 3 aromatic rings. The molecule has 1 aliphatic carbocycles. The van der Waals surface area contributed by atoms with Crippen LogP contribution in [-0.2, 0) is 20.3 Å². The molecule has 1 saturated carbocycles. The Labute approximate surface area is 190 Å². The Kier molecular flexibility index (Phi) is 6.47. The number of aliphatic hydroxyl groups excluding tert-OH is 1. The maximum absolute atomic E-state index is 13.6. The highest BCUT2D eigenvalue weighted by molar-refractivity contribution is 7.13. The van der Waals surface area contributed by atoms with Gasteiger partial charge in [0.2, 0.25) is 11.8 Å². The zero-order valence-electron chi connectivity index (χ0n) is 17.6. The van der Waals surface area contributed by atoms with E-state index in [9.17, 15) is 23.8 Å². The first-order valence-corrected chi connectivity index (χ1v) is 10.9. The van der Waals surface area contributed by atoms with Crippen molar-refractivity contribution in [2.45, 2.75) is 50.9 Å². The number of aryl methyl sites for hydroxylation is 1. The van der Waals surface area contributed by atoms with Crippen LogP contribution in [-0.4, -0.2) is 58.0 Å². The van der Waals surface area contributed by atoms with Gasteiger partial charge in [-0.25, -0.2) is 28.5 Å². The third-order valence-electron chi connectivity index (χ3n) is 5.10. The molecule has 176 valence electrons. The summed E-state index contributed by atoms with van der Waals surface area (Å²) in [5.74, 6) is -2.28. The van der Waals surface area contributed by atoms with E-state index in [-0.39, 0.29) is 43.6 Å². The van der Waals surface area contributed by atoms with Gasteiger partial charge in [-0.3, -0.25) is 9.58 Å². The van der Waals surface area contributed by atoms with Gasteiger partial charge in [0.1, 0.15) is 12.1 Å². The van der Waals surface area contributed by atoms with Crippen molar-refractivity contribution in [1.82, 2.24) is 29.7 Å². The van der Waals surface area contributed by atoms with Crippen LogP contribution in [0.3, 0.4) is 0 Å². The summed E-state index contributed by atoms with van der Waals surface area (Å²) in [6, 6.07) is 0.674. The first kappa shape index (κ1) is 22.9. The highest BCUT2D eigenvalue weighted by Crippen LogP contribution is 2.37. The van der Waals surface area contributed by atoms with Gasteiger partial charge in [0, 0.05) is 37.4 Å². The third-order valence-corrected chi connectivity index (χ3v) is 5.98. The van der Waals surface area contributed by atoms with Crippen LogP contribution >= 0.6 is 11.3 Å². The Morgan fingerprint density at radius 3 is 2.70 bits per heavy atom. The lowest BCUT2D eigenvalue weighted by atomic mass is 9.91. The maximum atomic E-state index is 13.6. The molecule has 0 aliphatic heterocycles. The van der Waals surface area contributed by atoms with Crippen LogP contribution in [0.5, 0.6) is 5.88 Å². The van der Waals surface area contributed by atoms with Crippen LogP contribution in [0, 0.1) is 0 Å². The molecule has 33 heavy (non-hydrogen) atoms. The minimum absolute atomic E-state index is 0.00139. The number of rotatable bonds is 7. The number of aliphatic hydroxyl groups is 1. The number of thiazole rings is 1. The minimum Gasteiger partial charge on any atom is -0.469 e. The molecule has 1 fully saturated rings. The second kappa shape index (κ2) is 9.31. The van der Waals surface area contributed by atoms with Crippen LogP contribution in [0.4, 0.5) is 19.4 Å². The Bertz CT molecular complexity index is 1130. The molecule has 1 amide bonds. The maximum Gasteiger partial charge on any atom is 0.413 e. The van der Waals surface area contributed by atoms with Gasteiger partial charge in [-0.15, -0.1) is 11.3 Å². The van der Waals surface area contributed by atoms with Crippen LogP contribution in [0.1, 0.15) is 37.2 Å². The average molecular weight is 481 g/mol. The lowest BCUT2D eigenvalue weighted by Gasteiger charge is -2.34. The van der Waals surface area contributed by atoms with Crippen molar-refractivity contribution in [2.24, 2.45) is 7.05 Å². The Balaban J connectivity index is 1.68. The fraction of sp³-hybridized carbons (Fsp3) is 0.474. The summed E-state index contributed by atoms with van der Waals surface area (Å²) in [6.07, 6.45) is -0.618. The lowest BCUT2D eigenvalue weighted by Crippen LogP contribution is -2.44. The molecule has 2 N–H and O–H groups in total. The topological polar surface area (TPSA) is 139 Å². The molecule has 0 atom stereocenters. The smallest absolute Gasteiger partial charge is 0.413 e. The van der Waals surface area contributed by atoms with E-state index in [1.54, 1.807) is 12.4 Å². The molecule has 3 heterocycles. The number of hydrogen-bond donors (Lipinski definition) is 2. The normalized spacial score (nSPS) is 16.0. The van der Waals surface area contributed by atoms with Crippen LogP contribution < -0.4 is 9.64 Å². The van der Waals surface area contributed by atoms with E-state index in [0.29, 0.717) is 16.5 Å². The van der Waals surface area contributed by atoms with Gasteiger partial charge >= 0.3 is 6.09 Å². The van der Waals surface area contributed by atoms with Crippen LogP contribution in [0.15, 0.2) is 17.8 Å². The highest BCUT2D eigenvalue weighted by Gasteiger charge is 2.39. The molecule has 1 aliphatic rings. The number of carboxylic acid groups (broad SMARTS) is 1. The second-order valence-electron chi connectivity index (χ2n) is 7.55. The van der Waals surface area contributed by atoms with Crippen molar-refractivity contribution in [1.29, 1.82) is 0 Å². The van der Waals surface area contributed by atoms with E-state index in [4.69, 9.17) is 4.74 Å². The van der Waals surface area contributed by atoms with Crippen molar-refractivity contribution in [3.8, 4) is 16.7 Å². The standard InChI is InChI=1S/C19H21F2N7O4S/c1-27-10-22-13(26-27)8-32-15-6-14(24-16(25-15)17-23-11(7-29)9-33-17)28(18(30)31)12-2-4-19(20,21)5-3-12/h6,9-10,12,29H,2-5,7-8H2,1H3,(H,30,31). The first-order chi connectivity index (χ1) is 15.7. The van der Waals surface area contributed by atoms with Crippen LogP contribution in [0.2, 0.25) is 0 Å². The summed E-state index contributed by atoms with van der Waals surface area (Å²) in [5, 5.41) is 25.3. The fourth-order valence-corrected chi connectivity index (χ4v) is 4.24. The van der Waals surface area contributed by atoms with Gasteiger partial charge < -0.3 is 14.9 Å². The molecule has 0 radical (unpaired) electrons. The van der Waals surface area contributed by atoms with Gasteiger partial charge in [-0.05, 0) is 12.8 Å². The van der Waals surface area contributed by atoms with E-state index in [0.717, 1.165) is 4.90 Å². The van der Waals surface area contributed by atoms with E-state index >= 15 is 0 Å². The highest BCUT2D eigenvalue weighted by atomic mass is 32.1. The SMILES string of the molecule is Cn1cnc(COc2cc(N(C(=O)O)C3CCC(F)(F)CC3)nc(-c3nc(CO)cs3)n2)n1. The molecular weight excluding hydrogens is 460 g/mol. The van der Waals surface area contributed by atoms with E-state index in [2.05, 4.69) is 25.0 Å². The van der Waals surface area contributed by atoms with E-state index in [1.807, 2.05) is 0 Å². The molecule has 3 aromatic heterocycles. The van der Waals surface area contributed by atoms with Crippen LogP contribution in [0.25, 0.3) is 10.8 Å². The van der Waals surface area contributed by atoms with Crippen molar-refractivity contribution >= 4 is 23.2 Å². The quantitative estimate of drug-likeness (QED) is 0.521. The Morgan fingerprint density at radius 1 is 1.33 bits per heavy atom. The Morgan fingerprint density at radius 2 is 2.09 bits per heavy atom. The number of ether oxygens (including phenoxy) is 1. The van der Waals surface area contributed by atoms with Crippen molar-refractivity contribution in [2.75, 3.05) is 4.90 Å². The number of amides is 1. The largest absolute Gasteiger partial charge is 0.469 e. The number of anilines is 1. The monoisotopic (exact) mass is 481 g/mol. The summed E-state index contributed by atoms with van der Waals surface area (Å²) in [4.78, 5) is 30.1. The molecule has 0 aromatic carbocycles. The molecule has 0 bridgehead atoms. The molecule has 14 heteroatoms. The summed E-state index contributed by atoms with van der Waals surface area (Å²) >= 11 is 1.17. The van der Waals surface area contributed by atoms with Gasteiger partial charge in [-0.1, -0.05) is 0 Å². The fourth-order valence-electron chi connectivity index (χ4n) is 3.50. The molecule has 0 unspecified atom stereocenters. The predicted octanol–water partition coefficient (Wildman–Crippen LogP) is 2.86. The summed E-state index contributed by atoms with van der Waals surface area (Å²) in [6.45, 7) is -0.304. The van der Waals surface area contributed by atoms with Gasteiger partial charge in [0.05, 0.1) is 12.3 Å². The molecule has 11 nitrogen and oxygen atoms in total. The second-order valence-corrected chi connectivity index (χ2v) is 8.41. The number of alkyl halides is 2. The number of hydrogen-bond acceptors (Lipinski definition) is 9. The summed E-state index contributed by atoms with van der Waals surface area (Å²) in [5.41, 5.74) is 0.411. The third kappa shape index (κ3) is 5.39. The molecule has 0 spiro atoms. The Hall–Kier alpha value is -3.26. The lowest BCUT2D eigenvalue weighted by molar-refractivity contribution is -0.0379. The molecule has 0 saturated heterocycles. The summed E-state index contributed by atoms with van der Waals surface area (Å²) in [7, 11) is 1.71. The van der Waals surface area contributed by atoms with Gasteiger partial charge in [-0.2, -0.15) is 10.1 Å². The van der Waals surface area contributed by atoms with E-state index in [1.165, 1.54) is 28.4 Å². The number of carbonyl (C=O) groups is 1. The predicted molar refractivity (Wildman–Crippen MR) is 112 cm³/mol. The number of nitrogens with zero attached hydrogens (tertiary/aromatic N) is 7. The zero-order chi connectivity index (χ0) is 23.6. The van der Waals surface area contributed by atoms with E-state index < -0.39 is 30.9 Å². The number of halogens is 2. The van der Waals surface area contributed by atoms with Crippen molar-refractivity contribution in [3.63, 3.8) is 0 Å². The van der Waals surface area contributed by atoms with Gasteiger partial charge in [0.15, 0.2) is 23.3 Å². The van der Waals surface area contributed by atoms with Crippen molar-refractivity contribution < 1.29 is 28.5 Å². The summed E-state index contributed by atoms with van der Waals surface area (Å²) < 4.78 is 34.5. The zero-order valence-corrected chi connectivity index (χ0v) is 18.4. The van der Waals surface area contributed by atoms with Crippen molar-refractivity contribution in [3.05, 3.63) is 29.3 Å². The minimum atomic E-state index is -2.80. The van der Waals surface area contributed by atoms with Gasteiger partial charge in [0.25, 0.3) is 0 Å². The first-order valence-electron chi connectivity index (χ1n) is 10.1. The molecular formula is C19H21F2N7O4S. The average Bonchev–Trinajstić information content (AvgIpc) is 3.42. The number of aromatic nitrogens is 6. The molecule has 4 rings (SSSR count).